The Labute approximate surface area is 291 Å². The maximum Gasteiger partial charge on any atom is 0.191 e. The number of hydrogen-bond donors (Lipinski definition) is 1. The third-order valence-corrected chi connectivity index (χ3v) is 7.80. The number of nitrogens with zero attached hydrogens (tertiary/aromatic N) is 3. The lowest BCUT2D eigenvalue weighted by Gasteiger charge is -2.23. The van der Waals surface area contributed by atoms with Crippen molar-refractivity contribution < 1.29 is 12.4 Å². The minimum Gasteiger partial charge on any atom is -1.00 e. The van der Waals surface area contributed by atoms with Gasteiger partial charge in [0.1, 0.15) is 0 Å². The molecule has 4 nitrogen and oxygen atoms in total. The van der Waals surface area contributed by atoms with Gasteiger partial charge in [-0.15, -0.1) is 75.8 Å². The second kappa shape index (κ2) is 28.0. The summed E-state index contributed by atoms with van der Waals surface area (Å²) in [6.07, 6.45) is 15.4. The topological polar surface area (TPSA) is 21.8 Å². The molecule has 0 spiro atoms. The molecular formula is C31H46Cl7N4-. The van der Waals surface area contributed by atoms with Gasteiger partial charge in [0, 0.05) is 70.5 Å². The summed E-state index contributed by atoms with van der Waals surface area (Å²) in [5, 5.41) is 3.93. The van der Waals surface area contributed by atoms with Gasteiger partial charge in [-0.2, -0.15) is 0 Å². The van der Waals surface area contributed by atoms with Crippen LogP contribution in [0.5, 0.6) is 0 Å². The van der Waals surface area contributed by atoms with E-state index >= 15 is 0 Å². The molecule has 0 radical (unpaired) electrons. The van der Waals surface area contributed by atoms with E-state index in [0.29, 0.717) is 28.2 Å². The van der Waals surface area contributed by atoms with Crippen molar-refractivity contribution in [2.24, 2.45) is 0 Å². The lowest BCUT2D eigenvalue weighted by Crippen LogP contribution is -3.00. The molecule has 0 aromatic heterocycles. The normalized spacial score (nSPS) is 18.8. The fraction of sp³-hybridized carbons (Fsp3) is 0.419. The molecule has 1 N–H and O–H groups in total. The second-order valence-corrected chi connectivity index (χ2v) is 11.5. The first kappa shape index (κ1) is 46.0. The van der Waals surface area contributed by atoms with E-state index in [1.165, 1.54) is 0 Å². The Hall–Kier alpha value is -0.470. The van der Waals surface area contributed by atoms with E-state index in [1.54, 1.807) is 0 Å². The van der Waals surface area contributed by atoms with E-state index in [4.69, 9.17) is 69.6 Å². The molecular weight excluding hydrogens is 677 g/mol. The van der Waals surface area contributed by atoms with Crippen LogP contribution in [0.1, 0.15) is 0 Å². The van der Waals surface area contributed by atoms with Gasteiger partial charge in [0.2, 0.25) is 0 Å². The molecule has 11 heteroatoms. The van der Waals surface area contributed by atoms with Crippen molar-refractivity contribution in [2.75, 3.05) is 57.7 Å². The van der Waals surface area contributed by atoms with E-state index in [-0.39, 0.29) is 17.7 Å². The van der Waals surface area contributed by atoms with E-state index in [2.05, 4.69) is 72.6 Å². The summed E-state index contributed by atoms with van der Waals surface area (Å²) in [4.78, 5) is 7.31. The number of hydrogen-bond acceptors (Lipinski definition) is 4. The highest BCUT2D eigenvalue weighted by Gasteiger charge is 2.57. The highest BCUT2D eigenvalue weighted by Crippen LogP contribution is 2.57. The summed E-state index contributed by atoms with van der Waals surface area (Å²) < 4.78 is -1.02. The van der Waals surface area contributed by atoms with Crippen LogP contribution in [0.25, 0.3) is 0 Å². The molecule has 0 bridgehead atoms. The van der Waals surface area contributed by atoms with Crippen LogP contribution < -0.4 is 17.7 Å². The predicted molar refractivity (Wildman–Crippen MR) is 190 cm³/mol. The van der Waals surface area contributed by atoms with E-state index in [1.807, 2.05) is 48.6 Å². The van der Waals surface area contributed by atoms with Crippen LogP contribution in [0.4, 0.5) is 0 Å². The molecule has 2 aliphatic rings. The zero-order chi connectivity index (χ0) is 31.8. The Kier molecular flexibility index (Phi) is 30.7. The summed E-state index contributed by atoms with van der Waals surface area (Å²) in [5.41, 5.74) is 0. The standard InChI is InChI=1S/C21H33N3.C6H11N.C3Cl4.CH2Cl2.ClH/c1-7-13-22(14-8-2)19-20(23(15-9-3)16-10-4)21(19)24(17-11-5)18-12-6;1-3-5-7-6-4-2;4-1-2(5)3(1,6)7;2-1-3;/h7-12,19-21H,1-6,13-18H2;3-4,7H,1-2,5-6H2;;1H2;1H/p-1. The Balaban J connectivity index is -0.000000685. The molecule has 2 aliphatic carbocycles. The summed E-state index contributed by atoms with van der Waals surface area (Å²) in [6, 6.07) is 1.29. The minimum absolute atomic E-state index is 0. The first-order chi connectivity index (χ1) is 19.6. The average molecular weight is 723 g/mol. The highest BCUT2D eigenvalue weighted by molar-refractivity contribution is 6.69. The molecule has 42 heavy (non-hydrogen) atoms. The van der Waals surface area contributed by atoms with Gasteiger partial charge in [0.05, 0.1) is 15.4 Å². The zero-order valence-corrected chi connectivity index (χ0v) is 29.7. The van der Waals surface area contributed by atoms with Gasteiger partial charge in [-0.1, -0.05) is 95.0 Å². The molecule has 0 aromatic rings. The molecule has 0 amide bonds. The fourth-order valence-corrected chi connectivity index (χ4v) is 4.88. The SMILES string of the molecule is C=CCN(CC=C)C1C(N(CC=C)CC=C)C1N(CC=C)CC=C.C=CCNCC=C.ClC1=C(Cl)C1(Cl)Cl.ClCCl.[Cl-]. The van der Waals surface area contributed by atoms with Crippen molar-refractivity contribution in [1.29, 1.82) is 0 Å². The third-order valence-electron chi connectivity index (χ3n) is 5.61. The summed E-state index contributed by atoms with van der Waals surface area (Å²) in [7, 11) is 0. The van der Waals surface area contributed by atoms with Crippen LogP contribution >= 0.6 is 69.6 Å². The maximum atomic E-state index is 5.37. The minimum atomic E-state index is -1.02. The second-order valence-electron chi connectivity index (χ2n) is 8.60. The fourth-order valence-electron chi connectivity index (χ4n) is 3.98. The van der Waals surface area contributed by atoms with Gasteiger partial charge >= 0.3 is 0 Å². The van der Waals surface area contributed by atoms with Crippen LogP contribution in [0.2, 0.25) is 0 Å². The largest absolute Gasteiger partial charge is 1.00 e. The number of nitrogens with one attached hydrogen (secondary N) is 1. The van der Waals surface area contributed by atoms with Gasteiger partial charge in [0.15, 0.2) is 4.33 Å². The van der Waals surface area contributed by atoms with Crippen molar-refractivity contribution in [3.63, 3.8) is 0 Å². The number of rotatable bonds is 19. The summed E-state index contributed by atoms with van der Waals surface area (Å²) in [5.74, 6) is 0. The van der Waals surface area contributed by atoms with Gasteiger partial charge in [-0.3, -0.25) is 14.7 Å². The molecule has 0 atom stereocenters. The molecule has 0 heterocycles. The Morgan fingerprint density at radius 1 is 0.548 bits per heavy atom. The Morgan fingerprint density at radius 3 is 0.857 bits per heavy atom. The van der Waals surface area contributed by atoms with Crippen molar-refractivity contribution in [3.05, 3.63) is 111 Å². The quantitative estimate of drug-likeness (QED) is 0.110. The summed E-state index contributed by atoms with van der Waals surface area (Å²) in [6.45, 7) is 37.4. The smallest absolute Gasteiger partial charge is 0.191 e. The van der Waals surface area contributed by atoms with E-state index in [9.17, 15) is 0 Å². The van der Waals surface area contributed by atoms with Gasteiger partial charge in [-0.05, 0) is 0 Å². The molecule has 1 fully saturated rings. The van der Waals surface area contributed by atoms with Crippen molar-refractivity contribution in [2.45, 2.75) is 22.5 Å². The molecule has 240 valence electrons. The highest BCUT2D eigenvalue weighted by atomic mass is 35.5. The zero-order valence-electron chi connectivity index (χ0n) is 24.4. The molecule has 0 unspecified atom stereocenters. The number of halogens is 7. The van der Waals surface area contributed by atoms with E-state index in [0.717, 1.165) is 52.4 Å². The first-order valence-corrected chi connectivity index (χ1v) is 15.5. The van der Waals surface area contributed by atoms with Crippen LogP contribution in [0.3, 0.4) is 0 Å². The molecule has 2 rings (SSSR count). The van der Waals surface area contributed by atoms with Gasteiger partial charge in [-0.25, -0.2) is 0 Å². The lowest BCUT2D eigenvalue weighted by molar-refractivity contribution is -0.00000805. The maximum absolute atomic E-state index is 5.37. The van der Waals surface area contributed by atoms with Crippen LogP contribution in [0.15, 0.2) is 111 Å². The lowest BCUT2D eigenvalue weighted by atomic mass is 10.3. The van der Waals surface area contributed by atoms with Crippen molar-refractivity contribution in [1.82, 2.24) is 20.0 Å². The van der Waals surface area contributed by atoms with Crippen molar-refractivity contribution in [3.8, 4) is 0 Å². The Bertz CT molecular complexity index is 736. The average Bonchev–Trinajstić information content (AvgIpc) is 3.78. The monoisotopic (exact) mass is 719 g/mol. The summed E-state index contributed by atoms with van der Waals surface area (Å²) >= 11 is 30.9. The number of alkyl halides is 4. The first-order valence-electron chi connectivity index (χ1n) is 13.0. The molecule has 0 aliphatic heterocycles. The van der Waals surface area contributed by atoms with Crippen LogP contribution in [-0.4, -0.2) is 94.9 Å². The number of allylic oxidation sites excluding steroid dienone is 2. The van der Waals surface area contributed by atoms with E-state index < -0.39 is 4.33 Å². The Morgan fingerprint density at radius 2 is 0.738 bits per heavy atom. The van der Waals surface area contributed by atoms with Gasteiger partial charge in [0.25, 0.3) is 0 Å². The molecule has 0 aromatic carbocycles. The third kappa shape index (κ3) is 17.7. The molecule has 1 saturated carbocycles. The van der Waals surface area contributed by atoms with Crippen LogP contribution in [-0.2, 0) is 0 Å². The van der Waals surface area contributed by atoms with Gasteiger partial charge < -0.3 is 17.7 Å². The van der Waals surface area contributed by atoms with Crippen molar-refractivity contribution >= 4 is 69.6 Å². The van der Waals surface area contributed by atoms with Crippen LogP contribution in [0, 0.1) is 0 Å². The molecule has 0 saturated heterocycles. The predicted octanol–water partition coefficient (Wildman–Crippen LogP) is 5.36.